The maximum Gasteiger partial charge on any atom is 0.306 e. The standard InChI is InChI=1S/C13H15BrO5S2/c1-19-11(16)6-13(3-4-13)8-21(17,18)7-10(15)12-9(14)2-5-20-12/h2,5H,3-4,6-8H2,1H3. The molecular formula is C13H15BrO5S2. The molecule has 0 unspecified atom stereocenters. The van der Waals surface area contributed by atoms with Gasteiger partial charge in [-0.25, -0.2) is 8.42 Å². The summed E-state index contributed by atoms with van der Waals surface area (Å²) in [5.41, 5.74) is -0.529. The lowest BCUT2D eigenvalue weighted by Crippen LogP contribution is -2.26. The highest BCUT2D eigenvalue weighted by atomic mass is 79.9. The molecule has 5 nitrogen and oxygen atoms in total. The molecule has 1 aliphatic carbocycles. The predicted molar refractivity (Wildman–Crippen MR) is 83.3 cm³/mol. The number of methoxy groups -OCH3 is 1. The minimum absolute atomic E-state index is 0.0968. The molecule has 0 bridgehead atoms. The van der Waals surface area contributed by atoms with Crippen LogP contribution in [0.2, 0.25) is 0 Å². The minimum atomic E-state index is -3.54. The number of carbonyl (C=O) groups is 2. The summed E-state index contributed by atoms with van der Waals surface area (Å²) in [5.74, 6) is -1.47. The molecule has 1 aromatic heterocycles. The number of thiophene rings is 1. The van der Waals surface area contributed by atoms with Gasteiger partial charge in [-0.1, -0.05) is 0 Å². The summed E-state index contributed by atoms with van der Waals surface area (Å²) in [6, 6.07) is 1.71. The first kappa shape index (κ1) is 16.6. The van der Waals surface area contributed by atoms with Crippen molar-refractivity contribution in [2.45, 2.75) is 19.3 Å². The van der Waals surface area contributed by atoms with E-state index in [2.05, 4.69) is 20.7 Å². The van der Waals surface area contributed by atoms with Crippen molar-refractivity contribution in [2.24, 2.45) is 5.41 Å². The van der Waals surface area contributed by atoms with Crippen molar-refractivity contribution >= 4 is 48.9 Å². The van der Waals surface area contributed by atoms with E-state index in [0.717, 1.165) is 0 Å². The topological polar surface area (TPSA) is 77.5 Å². The fraction of sp³-hybridized carbons (Fsp3) is 0.538. The highest BCUT2D eigenvalue weighted by Gasteiger charge is 2.48. The fourth-order valence-corrected chi connectivity index (χ4v) is 5.80. The Labute approximate surface area is 135 Å². The van der Waals surface area contributed by atoms with E-state index < -0.39 is 32.8 Å². The lowest BCUT2D eigenvalue weighted by Gasteiger charge is -2.13. The molecule has 0 atom stereocenters. The number of halogens is 1. The molecule has 0 radical (unpaired) electrons. The first-order chi connectivity index (χ1) is 9.77. The second-order valence-corrected chi connectivity index (χ2v) is 9.14. The summed E-state index contributed by atoms with van der Waals surface area (Å²) in [4.78, 5) is 23.8. The van der Waals surface area contributed by atoms with Gasteiger partial charge in [0.05, 0.1) is 24.2 Å². The van der Waals surface area contributed by atoms with Crippen molar-refractivity contribution < 1.29 is 22.7 Å². The molecule has 1 aromatic rings. The Bertz CT molecular complexity index is 658. The third kappa shape index (κ3) is 4.37. The highest BCUT2D eigenvalue weighted by Crippen LogP contribution is 2.50. The molecular weight excluding hydrogens is 380 g/mol. The van der Waals surface area contributed by atoms with Crippen LogP contribution < -0.4 is 0 Å². The van der Waals surface area contributed by atoms with Crippen LogP contribution in [-0.2, 0) is 19.4 Å². The Kier molecular flexibility index (Phi) is 4.89. The molecule has 2 rings (SSSR count). The van der Waals surface area contributed by atoms with Gasteiger partial charge in [0.15, 0.2) is 15.6 Å². The molecule has 0 aromatic carbocycles. The van der Waals surface area contributed by atoms with Crippen LogP contribution in [0.25, 0.3) is 0 Å². The van der Waals surface area contributed by atoms with E-state index in [1.54, 1.807) is 11.4 Å². The molecule has 1 saturated carbocycles. The SMILES string of the molecule is COC(=O)CC1(CS(=O)(=O)CC(=O)c2sccc2Br)CC1. The molecule has 0 aliphatic heterocycles. The van der Waals surface area contributed by atoms with Gasteiger partial charge in [0.25, 0.3) is 0 Å². The average Bonchev–Trinajstić information content (AvgIpc) is 2.96. The van der Waals surface area contributed by atoms with Gasteiger partial charge in [-0.05, 0) is 45.6 Å². The maximum atomic E-state index is 12.2. The Balaban J connectivity index is 2.01. The lowest BCUT2D eigenvalue weighted by molar-refractivity contribution is -0.141. The molecule has 1 aliphatic rings. The smallest absolute Gasteiger partial charge is 0.306 e. The van der Waals surface area contributed by atoms with Crippen LogP contribution in [0, 0.1) is 5.41 Å². The molecule has 21 heavy (non-hydrogen) atoms. The van der Waals surface area contributed by atoms with Crippen LogP contribution in [-0.4, -0.2) is 38.8 Å². The minimum Gasteiger partial charge on any atom is -0.469 e. The third-order valence-electron chi connectivity index (χ3n) is 3.45. The number of Topliss-reactive ketones (excluding diaryl/α,β-unsaturated/α-hetero) is 1. The lowest BCUT2D eigenvalue weighted by atomic mass is 10.1. The molecule has 1 fully saturated rings. The Morgan fingerprint density at radius 1 is 1.43 bits per heavy atom. The first-order valence-corrected chi connectivity index (χ1v) is 9.80. The van der Waals surface area contributed by atoms with Crippen LogP contribution >= 0.6 is 27.3 Å². The second kappa shape index (κ2) is 6.18. The van der Waals surface area contributed by atoms with Crippen LogP contribution in [0.1, 0.15) is 28.9 Å². The fourth-order valence-electron chi connectivity index (χ4n) is 2.20. The summed E-state index contributed by atoms with van der Waals surface area (Å²) < 4.78 is 29.6. The van der Waals surface area contributed by atoms with E-state index in [1.165, 1.54) is 18.4 Å². The van der Waals surface area contributed by atoms with Gasteiger partial charge in [-0.3, -0.25) is 9.59 Å². The van der Waals surface area contributed by atoms with E-state index in [1.807, 2.05) is 0 Å². The van der Waals surface area contributed by atoms with Gasteiger partial charge >= 0.3 is 5.97 Å². The molecule has 1 heterocycles. The van der Waals surface area contributed by atoms with Gasteiger partial charge in [0, 0.05) is 4.47 Å². The predicted octanol–water partition coefficient (Wildman–Crippen LogP) is 2.45. The number of hydrogen-bond acceptors (Lipinski definition) is 6. The second-order valence-electron chi connectivity index (χ2n) is 5.31. The van der Waals surface area contributed by atoms with E-state index in [9.17, 15) is 18.0 Å². The van der Waals surface area contributed by atoms with Crippen LogP contribution in [0.3, 0.4) is 0 Å². The molecule has 116 valence electrons. The van der Waals surface area contributed by atoms with Crippen molar-refractivity contribution in [3.8, 4) is 0 Å². The van der Waals surface area contributed by atoms with Gasteiger partial charge in [-0.15, -0.1) is 11.3 Å². The van der Waals surface area contributed by atoms with Gasteiger partial charge in [0.1, 0.15) is 5.75 Å². The maximum absolute atomic E-state index is 12.2. The number of carbonyl (C=O) groups excluding carboxylic acids is 2. The van der Waals surface area contributed by atoms with Crippen molar-refractivity contribution in [1.82, 2.24) is 0 Å². The molecule has 0 N–H and O–H groups in total. The van der Waals surface area contributed by atoms with E-state index >= 15 is 0 Å². The zero-order valence-corrected chi connectivity index (χ0v) is 14.6. The van der Waals surface area contributed by atoms with Gasteiger partial charge < -0.3 is 4.74 Å². The third-order valence-corrected chi connectivity index (χ3v) is 7.08. The monoisotopic (exact) mass is 394 g/mol. The van der Waals surface area contributed by atoms with Crippen LogP contribution in [0.5, 0.6) is 0 Å². The van der Waals surface area contributed by atoms with Crippen molar-refractivity contribution in [3.63, 3.8) is 0 Å². The van der Waals surface area contributed by atoms with Gasteiger partial charge in [0.2, 0.25) is 0 Å². The number of rotatable bonds is 7. The van der Waals surface area contributed by atoms with E-state index in [0.29, 0.717) is 22.2 Å². The largest absolute Gasteiger partial charge is 0.469 e. The summed E-state index contributed by atoms with van der Waals surface area (Å²) in [7, 11) is -2.26. The zero-order chi connectivity index (χ0) is 15.7. The summed E-state index contributed by atoms with van der Waals surface area (Å²) >= 11 is 4.44. The quantitative estimate of drug-likeness (QED) is 0.524. The van der Waals surface area contributed by atoms with Crippen LogP contribution in [0.4, 0.5) is 0 Å². The van der Waals surface area contributed by atoms with Crippen LogP contribution in [0.15, 0.2) is 15.9 Å². The molecule has 0 saturated heterocycles. The first-order valence-electron chi connectivity index (χ1n) is 6.30. The number of ketones is 1. The van der Waals surface area contributed by atoms with Crippen molar-refractivity contribution in [3.05, 3.63) is 20.8 Å². The van der Waals surface area contributed by atoms with E-state index in [4.69, 9.17) is 0 Å². The Morgan fingerprint density at radius 3 is 2.57 bits per heavy atom. The highest BCUT2D eigenvalue weighted by molar-refractivity contribution is 9.10. The average molecular weight is 395 g/mol. The molecule has 0 spiro atoms. The normalized spacial score (nSPS) is 16.5. The number of hydrogen-bond donors (Lipinski definition) is 0. The molecule has 0 amide bonds. The Morgan fingerprint density at radius 2 is 2.10 bits per heavy atom. The Hall–Kier alpha value is -0.730. The van der Waals surface area contributed by atoms with Crippen molar-refractivity contribution in [1.29, 1.82) is 0 Å². The molecule has 8 heteroatoms. The summed E-state index contributed by atoms with van der Waals surface area (Å²) in [6.45, 7) is 0. The number of ether oxygens (including phenoxy) is 1. The summed E-state index contributed by atoms with van der Waals surface area (Å²) in [6.07, 6.45) is 1.45. The van der Waals surface area contributed by atoms with Gasteiger partial charge in [-0.2, -0.15) is 0 Å². The number of sulfone groups is 1. The zero-order valence-electron chi connectivity index (χ0n) is 11.4. The summed E-state index contributed by atoms with van der Waals surface area (Å²) in [5, 5.41) is 1.73. The van der Waals surface area contributed by atoms with E-state index in [-0.39, 0.29) is 12.2 Å². The number of esters is 1. The van der Waals surface area contributed by atoms with Crippen molar-refractivity contribution in [2.75, 3.05) is 18.6 Å².